The van der Waals surface area contributed by atoms with E-state index in [0.717, 1.165) is 5.56 Å². The van der Waals surface area contributed by atoms with Crippen LogP contribution in [0.15, 0.2) is 97.1 Å². The molecule has 1 fully saturated rings. The first-order chi connectivity index (χ1) is 19.8. The molecule has 0 amide bonds. The first-order valence-electron chi connectivity index (χ1n) is 13.3. The van der Waals surface area contributed by atoms with Crippen LogP contribution in [-0.4, -0.2) is 41.6 Å². The summed E-state index contributed by atoms with van der Waals surface area (Å²) in [5.74, 6) is -2.20. The van der Waals surface area contributed by atoms with Crippen LogP contribution in [0.3, 0.4) is 0 Å². The van der Waals surface area contributed by atoms with E-state index in [2.05, 4.69) is 0 Å². The van der Waals surface area contributed by atoms with Crippen molar-refractivity contribution in [2.24, 2.45) is 5.92 Å². The minimum atomic E-state index is -2.20. The molecule has 41 heavy (non-hydrogen) atoms. The standard InChI is InChI=1S/C33H30O8/c1-38-24-17-25(39-2)29-26(18-24)41-33(22-13-15-23(16-14-22)40-19-20-9-5-3-6-10-20)28(21-11-7-4-8-12-21)27(31(35)36)30(34)32(29,33)37/h3-18,27-28,30,34,37H,19H2,1-2H3,(H,35,36)/t27-,28-,30+,32-,33-/m0/s1. The number of benzene rings is 4. The predicted molar refractivity (Wildman–Crippen MR) is 149 cm³/mol. The van der Waals surface area contributed by atoms with E-state index in [9.17, 15) is 20.1 Å². The minimum Gasteiger partial charge on any atom is -0.496 e. The Kier molecular flexibility index (Phi) is 6.60. The van der Waals surface area contributed by atoms with Gasteiger partial charge in [-0.05, 0) is 28.8 Å². The molecule has 8 heteroatoms. The molecule has 6 rings (SSSR count). The molecular weight excluding hydrogens is 524 g/mol. The Bertz CT molecular complexity index is 1560. The molecule has 0 unspecified atom stereocenters. The van der Waals surface area contributed by atoms with Gasteiger partial charge in [0.2, 0.25) is 0 Å². The average Bonchev–Trinajstić information content (AvgIpc) is 3.39. The van der Waals surface area contributed by atoms with Gasteiger partial charge in [0.05, 0.1) is 25.7 Å². The van der Waals surface area contributed by atoms with Crippen LogP contribution < -0.4 is 18.9 Å². The third kappa shape index (κ3) is 3.94. The van der Waals surface area contributed by atoms with Crippen LogP contribution in [0.5, 0.6) is 23.0 Å². The van der Waals surface area contributed by atoms with Crippen molar-refractivity contribution in [1.82, 2.24) is 0 Å². The smallest absolute Gasteiger partial charge is 0.310 e. The van der Waals surface area contributed by atoms with E-state index in [1.807, 2.05) is 36.4 Å². The fraction of sp³-hybridized carbons (Fsp3) is 0.242. The highest BCUT2D eigenvalue weighted by Gasteiger charge is 2.78. The van der Waals surface area contributed by atoms with Gasteiger partial charge in [0.25, 0.3) is 0 Å². The normalized spacial score (nSPS) is 26.0. The molecule has 0 aromatic heterocycles. The average molecular weight is 555 g/mol. The Hall–Kier alpha value is -4.53. The molecule has 3 N–H and O–H groups in total. The zero-order valence-corrected chi connectivity index (χ0v) is 22.6. The number of fused-ring (bicyclic) bond motifs is 3. The number of carboxylic acid groups (broad SMARTS) is 1. The van der Waals surface area contributed by atoms with Gasteiger partial charge < -0.3 is 34.3 Å². The van der Waals surface area contributed by atoms with Crippen molar-refractivity contribution in [3.8, 4) is 23.0 Å². The van der Waals surface area contributed by atoms with Crippen molar-refractivity contribution in [2.75, 3.05) is 14.2 Å². The monoisotopic (exact) mass is 554 g/mol. The van der Waals surface area contributed by atoms with Gasteiger partial charge in [-0.3, -0.25) is 4.79 Å². The summed E-state index contributed by atoms with van der Waals surface area (Å²) in [5, 5.41) is 34.9. The maximum absolute atomic E-state index is 12.8. The van der Waals surface area contributed by atoms with E-state index < -0.39 is 35.1 Å². The lowest BCUT2D eigenvalue weighted by Gasteiger charge is -2.40. The van der Waals surface area contributed by atoms with E-state index in [-0.39, 0.29) is 17.1 Å². The Labute approximate surface area is 237 Å². The summed E-state index contributed by atoms with van der Waals surface area (Å²) in [7, 11) is 2.93. The highest BCUT2D eigenvalue weighted by atomic mass is 16.5. The molecule has 0 bridgehead atoms. The van der Waals surface area contributed by atoms with E-state index in [1.54, 1.807) is 60.7 Å². The summed E-state index contributed by atoms with van der Waals surface area (Å²) in [6, 6.07) is 28.9. The van der Waals surface area contributed by atoms with E-state index in [4.69, 9.17) is 18.9 Å². The fourth-order valence-electron chi connectivity index (χ4n) is 6.48. The van der Waals surface area contributed by atoms with Crippen LogP contribution in [0.25, 0.3) is 0 Å². The van der Waals surface area contributed by atoms with E-state index in [1.165, 1.54) is 14.2 Å². The van der Waals surface area contributed by atoms with Crippen molar-refractivity contribution < 1.29 is 39.1 Å². The van der Waals surface area contributed by atoms with Gasteiger partial charge in [0.1, 0.15) is 35.7 Å². The quantitative estimate of drug-likeness (QED) is 0.289. The molecule has 1 heterocycles. The van der Waals surface area contributed by atoms with Gasteiger partial charge in [-0.1, -0.05) is 72.8 Å². The summed E-state index contributed by atoms with van der Waals surface area (Å²) >= 11 is 0. The Morgan fingerprint density at radius 2 is 1.54 bits per heavy atom. The van der Waals surface area contributed by atoms with Crippen molar-refractivity contribution in [2.45, 2.75) is 29.8 Å². The highest BCUT2D eigenvalue weighted by molar-refractivity contribution is 5.77. The number of methoxy groups -OCH3 is 2. The summed E-state index contributed by atoms with van der Waals surface area (Å²) < 4.78 is 23.8. The molecule has 4 aromatic rings. The molecule has 0 radical (unpaired) electrons. The molecule has 4 aromatic carbocycles. The summed E-state index contributed by atoms with van der Waals surface area (Å²) in [4.78, 5) is 12.8. The Balaban J connectivity index is 1.54. The molecular formula is C33H30O8. The second kappa shape index (κ2) is 10.1. The summed E-state index contributed by atoms with van der Waals surface area (Å²) in [6.07, 6.45) is -1.75. The third-order valence-electron chi connectivity index (χ3n) is 8.25. The molecule has 210 valence electrons. The Morgan fingerprint density at radius 3 is 2.15 bits per heavy atom. The van der Waals surface area contributed by atoms with Gasteiger partial charge in [-0.15, -0.1) is 0 Å². The Morgan fingerprint density at radius 1 is 0.878 bits per heavy atom. The largest absolute Gasteiger partial charge is 0.496 e. The first kappa shape index (κ1) is 26.7. The first-order valence-corrected chi connectivity index (χ1v) is 13.3. The maximum Gasteiger partial charge on any atom is 0.310 e. The number of ether oxygens (including phenoxy) is 4. The number of aliphatic hydroxyl groups excluding tert-OH is 1. The second-order valence-corrected chi connectivity index (χ2v) is 10.3. The van der Waals surface area contributed by atoms with E-state index >= 15 is 0 Å². The number of aliphatic hydroxyl groups is 2. The van der Waals surface area contributed by atoms with Gasteiger partial charge in [-0.2, -0.15) is 0 Å². The second-order valence-electron chi connectivity index (χ2n) is 10.3. The van der Waals surface area contributed by atoms with Gasteiger partial charge >= 0.3 is 5.97 Å². The maximum atomic E-state index is 12.8. The van der Waals surface area contributed by atoms with Crippen LogP contribution in [0.2, 0.25) is 0 Å². The minimum absolute atomic E-state index is 0.169. The van der Waals surface area contributed by atoms with Crippen LogP contribution in [0, 0.1) is 5.92 Å². The lowest BCUT2D eigenvalue weighted by Crippen LogP contribution is -2.52. The molecule has 5 atom stereocenters. The number of hydrogen-bond acceptors (Lipinski definition) is 7. The van der Waals surface area contributed by atoms with Crippen molar-refractivity contribution in [3.05, 3.63) is 119 Å². The molecule has 0 spiro atoms. The third-order valence-corrected chi connectivity index (χ3v) is 8.25. The SMILES string of the molecule is COc1cc(OC)c2c(c1)O[C@@]1(c3ccc(OCc4ccccc4)cc3)[C@@H](c3ccccc3)[C@H](C(=O)O)[C@@H](O)[C@@]21O. The molecule has 1 aliphatic heterocycles. The summed E-state index contributed by atoms with van der Waals surface area (Å²) in [5.41, 5.74) is -1.69. The molecule has 8 nitrogen and oxygen atoms in total. The molecule has 1 aliphatic carbocycles. The van der Waals surface area contributed by atoms with Gasteiger partial charge in [-0.25, -0.2) is 0 Å². The number of rotatable bonds is 8. The van der Waals surface area contributed by atoms with Crippen molar-refractivity contribution in [1.29, 1.82) is 0 Å². The number of carboxylic acids is 1. The van der Waals surface area contributed by atoms with Crippen LogP contribution in [0.1, 0.15) is 28.2 Å². The zero-order valence-electron chi connectivity index (χ0n) is 22.6. The highest BCUT2D eigenvalue weighted by Crippen LogP contribution is 2.70. The number of aliphatic carboxylic acids is 1. The lowest BCUT2D eigenvalue weighted by atomic mass is 9.70. The van der Waals surface area contributed by atoms with Crippen LogP contribution in [0.4, 0.5) is 0 Å². The lowest BCUT2D eigenvalue weighted by molar-refractivity contribution is -0.159. The topological polar surface area (TPSA) is 115 Å². The molecule has 2 aliphatic rings. The van der Waals surface area contributed by atoms with Crippen molar-refractivity contribution in [3.63, 3.8) is 0 Å². The van der Waals surface area contributed by atoms with Crippen LogP contribution in [-0.2, 0) is 22.6 Å². The molecule has 0 saturated heterocycles. The number of hydrogen-bond donors (Lipinski definition) is 3. The number of carbonyl (C=O) groups is 1. The predicted octanol–water partition coefficient (Wildman–Crippen LogP) is 4.62. The summed E-state index contributed by atoms with van der Waals surface area (Å²) in [6.45, 7) is 0.362. The molecule has 1 saturated carbocycles. The van der Waals surface area contributed by atoms with E-state index in [0.29, 0.717) is 29.2 Å². The fourth-order valence-corrected chi connectivity index (χ4v) is 6.48. The van der Waals surface area contributed by atoms with Crippen molar-refractivity contribution >= 4 is 5.97 Å². The zero-order chi connectivity index (χ0) is 28.8. The van der Waals surface area contributed by atoms with Crippen LogP contribution >= 0.6 is 0 Å². The van der Waals surface area contributed by atoms with Gasteiger partial charge in [0, 0.05) is 18.1 Å². The van der Waals surface area contributed by atoms with Gasteiger partial charge in [0.15, 0.2) is 11.2 Å².